The van der Waals surface area contributed by atoms with Gasteiger partial charge < -0.3 is 10.1 Å². The van der Waals surface area contributed by atoms with Crippen LogP contribution in [0.4, 0.5) is 14.5 Å². The summed E-state index contributed by atoms with van der Waals surface area (Å²) in [6, 6.07) is 5.84. The highest BCUT2D eigenvalue weighted by Crippen LogP contribution is 2.27. The third-order valence-corrected chi connectivity index (χ3v) is 6.56. The molecular formula is C19H21F2N3O4S. The molecule has 1 aromatic carbocycles. The number of piperidine rings is 1. The Morgan fingerprint density at radius 2 is 1.97 bits per heavy atom. The molecule has 7 nitrogen and oxygen atoms in total. The van der Waals surface area contributed by atoms with Gasteiger partial charge in [-0.25, -0.2) is 22.2 Å². The van der Waals surface area contributed by atoms with E-state index >= 15 is 0 Å². The average molecular weight is 425 g/mol. The van der Waals surface area contributed by atoms with Crippen LogP contribution in [0.25, 0.3) is 0 Å². The molecule has 1 aliphatic rings. The minimum Gasteiger partial charge on any atom is -0.476 e. The first-order valence-corrected chi connectivity index (χ1v) is 10.6. The van der Waals surface area contributed by atoms with Crippen LogP contribution in [0.2, 0.25) is 0 Å². The number of nitrogens with one attached hydrogen (secondary N) is 1. The zero-order valence-corrected chi connectivity index (χ0v) is 16.6. The molecule has 1 N–H and O–H groups in total. The maximum atomic E-state index is 13.4. The molecule has 1 saturated heterocycles. The second-order valence-electron chi connectivity index (χ2n) is 6.53. The number of carbonyl (C=O) groups is 1. The van der Waals surface area contributed by atoms with Crippen LogP contribution in [-0.4, -0.2) is 43.3 Å². The van der Waals surface area contributed by atoms with E-state index in [0.29, 0.717) is 37.1 Å². The van der Waals surface area contributed by atoms with Gasteiger partial charge in [-0.3, -0.25) is 4.79 Å². The summed E-state index contributed by atoms with van der Waals surface area (Å²) in [5.41, 5.74) is 0.455. The summed E-state index contributed by atoms with van der Waals surface area (Å²) in [5, 5.41) is 2.78. The molecule has 0 bridgehead atoms. The molecule has 3 rings (SSSR count). The molecule has 1 aliphatic heterocycles. The highest BCUT2D eigenvalue weighted by Gasteiger charge is 2.32. The van der Waals surface area contributed by atoms with Crippen LogP contribution in [0, 0.1) is 17.6 Å². The Morgan fingerprint density at radius 3 is 2.62 bits per heavy atom. The van der Waals surface area contributed by atoms with E-state index < -0.39 is 21.7 Å². The monoisotopic (exact) mass is 425 g/mol. The predicted molar refractivity (Wildman–Crippen MR) is 102 cm³/mol. The molecule has 0 aliphatic carbocycles. The lowest BCUT2D eigenvalue weighted by atomic mass is 9.97. The Labute approximate surface area is 167 Å². The van der Waals surface area contributed by atoms with Crippen molar-refractivity contribution in [3.8, 4) is 5.88 Å². The molecule has 2 aromatic rings. The van der Waals surface area contributed by atoms with E-state index in [1.807, 2.05) is 6.92 Å². The Hall–Kier alpha value is -2.59. The summed E-state index contributed by atoms with van der Waals surface area (Å²) < 4.78 is 58.4. The highest BCUT2D eigenvalue weighted by atomic mass is 32.2. The van der Waals surface area contributed by atoms with Crippen molar-refractivity contribution in [3.63, 3.8) is 0 Å². The number of rotatable bonds is 6. The molecule has 0 spiro atoms. The van der Waals surface area contributed by atoms with Gasteiger partial charge in [-0.15, -0.1) is 0 Å². The fraction of sp³-hybridized carbons (Fsp3) is 0.368. The van der Waals surface area contributed by atoms with Gasteiger partial charge in [0.1, 0.15) is 5.69 Å². The number of halogens is 2. The number of sulfonamides is 1. The van der Waals surface area contributed by atoms with Crippen molar-refractivity contribution in [1.82, 2.24) is 9.29 Å². The first-order valence-electron chi connectivity index (χ1n) is 9.16. The summed E-state index contributed by atoms with van der Waals surface area (Å²) in [4.78, 5) is 16.3. The molecule has 1 amide bonds. The van der Waals surface area contributed by atoms with Gasteiger partial charge in [0, 0.05) is 25.2 Å². The predicted octanol–water partition coefficient (Wildman–Crippen LogP) is 2.80. The third kappa shape index (κ3) is 4.70. The summed E-state index contributed by atoms with van der Waals surface area (Å²) in [5.74, 6) is -2.64. The van der Waals surface area contributed by atoms with E-state index in [4.69, 9.17) is 4.74 Å². The Kier molecular flexibility index (Phi) is 6.43. The van der Waals surface area contributed by atoms with Crippen molar-refractivity contribution in [2.24, 2.45) is 5.92 Å². The van der Waals surface area contributed by atoms with Crippen LogP contribution in [0.15, 0.2) is 41.4 Å². The summed E-state index contributed by atoms with van der Waals surface area (Å²) in [6.45, 7) is 2.42. The smallest absolute Gasteiger partial charge is 0.243 e. The fourth-order valence-electron chi connectivity index (χ4n) is 3.12. The second-order valence-corrected chi connectivity index (χ2v) is 8.47. The third-order valence-electron chi connectivity index (χ3n) is 4.66. The van der Waals surface area contributed by atoms with Crippen LogP contribution >= 0.6 is 0 Å². The number of hydrogen-bond acceptors (Lipinski definition) is 5. The minimum absolute atomic E-state index is 0.102. The lowest BCUT2D eigenvalue weighted by molar-refractivity contribution is -0.120. The number of carbonyl (C=O) groups excluding carboxylic acids is 1. The summed E-state index contributed by atoms with van der Waals surface area (Å²) >= 11 is 0. The van der Waals surface area contributed by atoms with Gasteiger partial charge in [-0.1, -0.05) is 0 Å². The number of aromatic nitrogens is 1. The lowest BCUT2D eigenvalue weighted by Gasteiger charge is -2.30. The highest BCUT2D eigenvalue weighted by molar-refractivity contribution is 7.89. The number of hydrogen-bond donors (Lipinski definition) is 1. The first-order chi connectivity index (χ1) is 13.8. The van der Waals surface area contributed by atoms with Gasteiger partial charge in [-0.2, -0.15) is 4.31 Å². The lowest BCUT2D eigenvalue weighted by Crippen LogP contribution is -2.41. The second kappa shape index (κ2) is 8.83. The van der Waals surface area contributed by atoms with Crippen LogP contribution in [0.3, 0.4) is 0 Å². The zero-order chi connectivity index (χ0) is 21.0. The molecule has 156 valence electrons. The van der Waals surface area contributed by atoms with Gasteiger partial charge in [0.2, 0.25) is 21.8 Å². The summed E-state index contributed by atoms with van der Waals surface area (Å²) in [7, 11) is -3.96. The van der Waals surface area contributed by atoms with E-state index in [0.717, 1.165) is 12.1 Å². The van der Waals surface area contributed by atoms with Gasteiger partial charge in [0.05, 0.1) is 11.5 Å². The average Bonchev–Trinajstić information content (AvgIpc) is 2.71. The molecule has 10 heteroatoms. The summed E-state index contributed by atoms with van der Waals surface area (Å²) in [6.07, 6.45) is 2.17. The van der Waals surface area contributed by atoms with Crippen molar-refractivity contribution in [3.05, 3.63) is 48.2 Å². The van der Waals surface area contributed by atoms with Gasteiger partial charge in [-0.05, 0) is 50.1 Å². The quantitative estimate of drug-likeness (QED) is 0.769. The standard InChI is InChI=1S/C19H21F2N3O4S/c1-2-28-19-17(4-3-9-22-19)23-18(25)13-7-10-24(11-8-13)29(26,27)14-5-6-15(20)16(21)12-14/h3-6,9,12-13H,2,7-8,10-11H2,1H3,(H,23,25). The van der Waals surface area contributed by atoms with Gasteiger partial charge >= 0.3 is 0 Å². The topological polar surface area (TPSA) is 88.6 Å². The SMILES string of the molecule is CCOc1ncccc1NC(=O)C1CCN(S(=O)(=O)c2ccc(F)c(F)c2)CC1. The van der Waals surface area contributed by atoms with Crippen LogP contribution in [0.5, 0.6) is 5.88 Å². The number of nitrogens with zero attached hydrogens (tertiary/aromatic N) is 2. The molecule has 29 heavy (non-hydrogen) atoms. The van der Waals surface area contributed by atoms with Crippen molar-refractivity contribution < 1.29 is 26.7 Å². The van der Waals surface area contributed by atoms with E-state index in [1.165, 1.54) is 4.31 Å². The molecule has 0 saturated carbocycles. The molecule has 0 unspecified atom stereocenters. The number of anilines is 1. The maximum Gasteiger partial charge on any atom is 0.243 e. The maximum absolute atomic E-state index is 13.4. The van der Waals surface area contributed by atoms with Gasteiger partial charge in [0.15, 0.2) is 11.6 Å². The van der Waals surface area contributed by atoms with Crippen LogP contribution < -0.4 is 10.1 Å². The van der Waals surface area contributed by atoms with Gasteiger partial charge in [0.25, 0.3) is 0 Å². The van der Waals surface area contributed by atoms with Crippen LogP contribution in [-0.2, 0) is 14.8 Å². The van der Waals surface area contributed by atoms with E-state index in [-0.39, 0.29) is 29.8 Å². The molecule has 1 fully saturated rings. The zero-order valence-electron chi connectivity index (χ0n) is 15.8. The normalized spacial score (nSPS) is 15.8. The number of ether oxygens (including phenoxy) is 1. The number of amides is 1. The van der Waals surface area contributed by atoms with Crippen molar-refractivity contribution >= 4 is 21.6 Å². The van der Waals surface area contributed by atoms with Crippen LogP contribution in [0.1, 0.15) is 19.8 Å². The first kappa shape index (κ1) is 21.1. The largest absolute Gasteiger partial charge is 0.476 e. The molecule has 0 radical (unpaired) electrons. The van der Waals surface area contributed by atoms with Crippen molar-refractivity contribution in [1.29, 1.82) is 0 Å². The molecule has 0 atom stereocenters. The Balaban J connectivity index is 1.64. The molecular weight excluding hydrogens is 404 g/mol. The minimum atomic E-state index is -3.96. The molecule has 2 heterocycles. The fourth-order valence-corrected chi connectivity index (χ4v) is 4.60. The Bertz CT molecular complexity index is 993. The number of pyridine rings is 1. The van der Waals surface area contributed by atoms with Crippen molar-refractivity contribution in [2.45, 2.75) is 24.7 Å². The molecule has 1 aromatic heterocycles. The van der Waals surface area contributed by atoms with E-state index in [1.54, 1.807) is 18.3 Å². The Morgan fingerprint density at radius 1 is 1.24 bits per heavy atom. The van der Waals surface area contributed by atoms with E-state index in [9.17, 15) is 22.0 Å². The van der Waals surface area contributed by atoms with E-state index in [2.05, 4.69) is 10.3 Å². The van der Waals surface area contributed by atoms with Crippen molar-refractivity contribution in [2.75, 3.05) is 25.0 Å². The number of benzene rings is 1.